The highest BCUT2D eigenvalue weighted by atomic mass is 79.9. The Bertz CT molecular complexity index is 532. The van der Waals surface area contributed by atoms with Crippen molar-refractivity contribution in [1.29, 1.82) is 0 Å². The molecule has 0 aromatic heterocycles. The Hall–Kier alpha value is -0.870. The first-order chi connectivity index (χ1) is 10.0. The number of carbonyl (C=O) groups excluding carboxylic acids is 1. The Morgan fingerprint density at radius 3 is 2.62 bits per heavy atom. The molecule has 0 saturated heterocycles. The summed E-state index contributed by atoms with van der Waals surface area (Å²) in [6.45, 7) is 2.02. The molecule has 1 amide bonds. The Morgan fingerprint density at radius 2 is 1.95 bits per heavy atom. The molecule has 2 atom stereocenters. The van der Waals surface area contributed by atoms with Crippen molar-refractivity contribution in [3.8, 4) is 0 Å². The Kier molecular flexibility index (Phi) is 4.36. The Morgan fingerprint density at radius 1 is 1.29 bits per heavy atom. The molecule has 1 aromatic rings. The van der Waals surface area contributed by atoms with Crippen molar-refractivity contribution in [3.63, 3.8) is 0 Å². The van der Waals surface area contributed by atoms with E-state index in [-0.39, 0.29) is 11.8 Å². The normalized spacial score (nSPS) is 31.8. The molecule has 2 saturated carbocycles. The van der Waals surface area contributed by atoms with E-state index in [1.807, 2.05) is 25.1 Å². The van der Waals surface area contributed by atoms with Gasteiger partial charge in [-0.1, -0.05) is 28.4 Å². The van der Waals surface area contributed by atoms with E-state index in [4.69, 9.17) is 5.73 Å². The number of carbonyl (C=O) groups is 1. The largest absolute Gasteiger partial charge is 0.327 e. The molecule has 0 aliphatic heterocycles. The molecule has 4 heteroatoms. The fourth-order valence-electron chi connectivity index (χ4n) is 3.97. The SMILES string of the molecule is Cc1ccc(Br)cc1NC(=O)C1CC2CCCC(C1)C2N. The van der Waals surface area contributed by atoms with Crippen molar-refractivity contribution < 1.29 is 4.79 Å². The molecular formula is C17H23BrN2O. The lowest BCUT2D eigenvalue weighted by atomic mass is 9.65. The molecule has 0 radical (unpaired) electrons. The lowest BCUT2D eigenvalue weighted by Crippen LogP contribution is -2.48. The molecule has 0 heterocycles. The van der Waals surface area contributed by atoms with E-state index < -0.39 is 0 Å². The number of anilines is 1. The molecule has 2 fully saturated rings. The van der Waals surface area contributed by atoms with Crippen LogP contribution in [0.2, 0.25) is 0 Å². The number of rotatable bonds is 2. The number of fused-ring (bicyclic) bond motifs is 2. The van der Waals surface area contributed by atoms with E-state index in [0.717, 1.165) is 28.6 Å². The van der Waals surface area contributed by atoms with Crippen LogP contribution in [-0.2, 0) is 4.79 Å². The van der Waals surface area contributed by atoms with Crippen LogP contribution in [0.3, 0.4) is 0 Å². The molecule has 3 N–H and O–H groups in total. The van der Waals surface area contributed by atoms with Crippen LogP contribution in [0.5, 0.6) is 0 Å². The summed E-state index contributed by atoms with van der Waals surface area (Å²) in [5.41, 5.74) is 8.31. The van der Waals surface area contributed by atoms with E-state index in [9.17, 15) is 4.79 Å². The summed E-state index contributed by atoms with van der Waals surface area (Å²) in [7, 11) is 0. The average molecular weight is 351 g/mol. The van der Waals surface area contributed by atoms with Gasteiger partial charge in [-0.05, 0) is 62.1 Å². The van der Waals surface area contributed by atoms with Gasteiger partial charge in [0.2, 0.25) is 5.91 Å². The summed E-state index contributed by atoms with van der Waals surface area (Å²) in [5, 5.41) is 3.12. The zero-order valence-corrected chi connectivity index (χ0v) is 14.0. The standard InChI is InChI=1S/C17H23BrN2O/c1-10-5-6-14(18)9-15(10)20-17(21)13-7-11-3-2-4-12(8-13)16(11)19/h5-6,9,11-13,16H,2-4,7-8,19H2,1H3,(H,20,21). The summed E-state index contributed by atoms with van der Waals surface area (Å²) in [4.78, 5) is 12.6. The van der Waals surface area contributed by atoms with Crippen molar-refractivity contribution in [1.82, 2.24) is 0 Å². The zero-order chi connectivity index (χ0) is 15.0. The van der Waals surface area contributed by atoms with Crippen LogP contribution in [0.1, 0.15) is 37.7 Å². The van der Waals surface area contributed by atoms with Crippen molar-refractivity contribution in [3.05, 3.63) is 28.2 Å². The van der Waals surface area contributed by atoms with Gasteiger partial charge in [0.05, 0.1) is 0 Å². The van der Waals surface area contributed by atoms with Crippen molar-refractivity contribution >= 4 is 27.5 Å². The minimum atomic E-state index is 0.124. The highest BCUT2D eigenvalue weighted by molar-refractivity contribution is 9.10. The molecule has 2 bridgehead atoms. The second-order valence-electron chi connectivity index (χ2n) is 6.65. The summed E-state index contributed by atoms with van der Waals surface area (Å²) >= 11 is 3.46. The van der Waals surface area contributed by atoms with Crippen LogP contribution in [0.15, 0.2) is 22.7 Å². The molecule has 0 spiro atoms. The summed E-state index contributed by atoms with van der Waals surface area (Å²) in [6.07, 6.45) is 5.57. The topological polar surface area (TPSA) is 55.1 Å². The quantitative estimate of drug-likeness (QED) is 0.850. The highest BCUT2D eigenvalue weighted by Crippen LogP contribution is 2.42. The minimum Gasteiger partial charge on any atom is -0.327 e. The van der Waals surface area contributed by atoms with Crippen LogP contribution in [-0.4, -0.2) is 11.9 Å². The number of nitrogens with two attached hydrogens (primary N) is 1. The maximum Gasteiger partial charge on any atom is 0.227 e. The van der Waals surface area contributed by atoms with Gasteiger partial charge in [-0.3, -0.25) is 4.79 Å². The lowest BCUT2D eigenvalue weighted by Gasteiger charge is -2.43. The summed E-state index contributed by atoms with van der Waals surface area (Å²) in [6, 6.07) is 6.30. The monoisotopic (exact) mass is 350 g/mol. The van der Waals surface area contributed by atoms with E-state index >= 15 is 0 Å². The van der Waals surface area contributed by atoms with Crippen molar-refractivity contribution in [2.45, 2.75) is 45.1 Å². The number of halogens is 1. The number of aryl methyl sites for hydroxylation is 1. The van der Waals surface area contributed by atoms with Gasteiger partial charge < -0.3 is 11.1 Å². The highest BCUT2D eigenvalue weighted by Gasteiger charge is 2.40. The van der Waals surface area contributed by atoms with E-state index in [0.29, 0.717) is 17.9 Å². The molecule has 2 aliphatic rings. The molecule has 3 nitrogen and oxygen atoms in total. The average Bonchev–Trinajstić information content (AvgIpc) is 2.42. The lowest BCUT2D eigenvalue weighted by molar-refractivity contribution is -0.122. The zero-order valence-electron chi connectivity index (χ0n) is 12.4. The van der Waals surface area contributed by atoms with Gasteiger partial charge in [-0.2, -0.15) is 0 Å². The summed E-state index contributed by atoms with van der Waals surface area (Å²) in [5.74, 6) is 1.37. The number of benzene rings is 1. The first-order valence-corrected chi connectivity index (χ1v) is 8.66. The predicted octanol–water partition coefficient (Wildman–Crippen LogP) is 3.85. The van der Waals surface area contributed by atoms with Crippen molar-refractivity contribution in [2.24, 2.45) is 23.5 Å². The van der Waals surface area contributed by atoms with Crippen LogP contribution in [0, 0.1) is 24.7 Å². The Balaban J connectivity index is 1.70. The molecule has 3 rings (SSSR count). The van der Waals surface area contributed by atoms with Crippen LogP contribution >= 0.6 is 15.9 Å². The smallest absolute Gasteiger partial charge is 0.227 e. The second kappa shape index (κ2) is 6.09. The number of hydrogen-bond donors (Lipinski definition) is 2. The van der Waals surface area contributed by atoms with Gasteiger partial charge in [-0.15, -0.1) is 0 Å². The number of amides is 1. The molecule has 2 unspecified atom stereocenters. The minimum absolute atomic E-state index is 0.124. The predicted molar refractivity (Wildman–Crippen MR) is 89.0 cm³/mol. The fourth-order valence-corrected chi connectivity index (χ4v) is 4.33. The molecular weight excluding hydrogens is 328 g/mol. The van der Waals surface area contributed by atoms with Gasteiger partial charge in [-0.25, -0.2) is 0 Å². The molecule has 21 heavy (non-hydrogen) atoms. The fraction of sp³-hybridized carbons (Fsp3) is 0.588. The van der Waals surface area contributed by atoms with E-state index in [2.05, 4.69) is 21.2 Å². The first kappa shape index (κ1) is 15.0. The summed E-state index contributed by atoms with van der Waals surface area (Å²) < 4.78 is 0.992. The van der Waals surface area contributed by atoms with E-state index in [1.165, 1.54) is 19.3 Å². The van der Waals surface area contributed by atoms with Crippen LogP contribution in [0.25, 0.3) is 0 Å². The van der Waals surface area contributed by atoms with Crippen LogP contribution in [0.4, 0.5) is 5.69 Å². The van der Waals surface area contributed by atoms with Gasteiger partial charge in [0.15, 0.2) is 0 Å². The molecule has 114 valence electrons. The first-order valence-electron chi connectivity index (χ1n) is 7.87. The van der Waals surface area contributed by atoms with Gasteiger partial charge in [0, 0.05) is 22.1 Å². The Labute approximate surface area is 134 Å². The molecule has 2 aliphatic carbocycles. The third-order valence-electron chi connectivity index (χ3n) is 5.24. The van der Waals surface area contributed by atoms with Crippen LogP contribution < -0.4 is 11.1 Å². The van der Waals surface area contributed by atoms with E-state index in [1.54, 1.807) is 0 Å². The third kappa shape index (κ3) is 3.16. The van der Waals surface area contributed by atoms with Gasteiger partial charge >= 0.3 is 0 Å². The second-order valence-corrected chi connectivity index (χ2v) is 7.56. The van der Waals surface area contributed by atoms with Gasteiger partial charge in [0.25, 0.3) is 0 Å². The molecule has 1 aromatic carbocycles. The maximum absolute atomic E-state index is 12.6. The third-order valence-corrected chi connectivity index (χ3v) is 5.73. The van der Waals surface area contributed by atoms with Gasteiger partial charge in [0.1, 0.15) is 0 Å². The number of hydrogen-bond acceptors (Lipinski definition) is 2. The number of nitrogens with one attached hydrogen (secondary N) is 1. The van der Waals surface area contributed by atoms with Crippen molar-refractivity contribution in [2.75, 3.05) is 5.32 Å². The maximum atomic E-state index is 12.6.